The Hall–Kier alpha value is -3.69. The molecular weight excluding hydrogens is 384 g/mol. The van der Waals surface area contributed by atoms with Gasteiger partial charge in [0.2, 0.25) is 0 Å². The van der Waals surface area contributed by atoms with Gasteiger partial charge in [0, 0.05) is 29.4 Å². The summed E-state index contributed by atoms with van der Waals surface area (Å²) >= 11 is 0. The monoisotopic (exact) mass is 408 g/mol. The summed E-state index contributed by atoms with van der Waals surface area (Å²) in [6.07, 6.45) is 3.87. The highest BCUT2D eigenvalue weighted by Crippen LogP contribution is 2.29. The van der Waals surface area contributed by atoms with Crippen molar-refractivity contribution in [1.82, 2.24) is 19.9 Å². The summed E-state index contributed by atoms with van der Waals surface area (Å²) in [6, 6.07) is 22.4. The highest BCUT2D eigenvalue weighted by Gasteiger charge is 2.22. The van der Waals surface area contributed by atoms with Gasteiger partial charge in [0.05, 0.1) is 11.9 Å². The number of rotatable bonds is 5. The topological polar surface area (TPSA) is 80.6 Å². The van der Waals surface area contributed by atoms with Crippen LogP contribution in [0.2, 0.25) is 0 Å². The molecule has 4 heterocycles. The van der Waals surface area contributed by atoms with Crippen LogP contribution in [0.4, 0.5) is 11.5 Å². The number of aromatic amines is 1. The van der Waals surface area contributed by atoms with Crippen molar-refractivity contribution in [2.45, 2.75) is 25.3 Å². The molecule has 154 valence electrons. The number of fused-ring (bicyclic) bond motifs is 1. The lowest BCUT2D eigenvalue weighted by molar-refractivity contribution is 0.201. The number of anilines is 2. The van der Waals surface area contributed by atoms with Crippen molar-refractivity contribution in [3.63, 3.8) is 0 Å². The minimum Gasteiger partial charge on any atom is -0.357 e. The molecule has 5 rings (SSSR count). The molecule has 0 aliphatic carbocycles. The van der Waals surface area contributed by atoms with Crippen molar-refractivity contribution >= 4 is 22.4 Å². The van der Waals surface area contributed by atoms with Gasteiger partial charge in [0.25, 0.3) is 0 Å². The van der Waals surface area contributed by atoms with Gasteiger partial charge in [-0.25, -0.2) is 9.97 Å². The fourth-order valence-electron chi connectivity index (χ4n) is 4.28. The van der Waals surface area contributed by atoms with Crippen LogP contribution < -0.4 is 5.32 Å². The highest BCUT2D eigenvalue weighted by molar-refractivity contribution is 5.80. The van der Waals surface area contributed by atoms with E-state index in [1.165, 1.54) is 16.6 Å². The van der Waals surface area contributed by atoms with Crippen molar-refractivity contribution in [1.29, 1.82) is 5.26 Å². The summed E-state index contributed by atoms with van der Waals surface area (Å²) in [6.45, 7) is 3.10. The van der Waals surface area contributed by atoms with Gasteiger partial charge in [-0.05, 0) is 67.7 Å². The number of para-hydroxylation sites is 1. The number of nitrogens with one attached hydrogen (secondary N) is 2. The zero-order valence-corrected chi connectivity index (χ0v) is 17.3. The predicted octanol–water partition coefficient (Wildman–Crippen LogP) is 4.95. The lowest BCUT2D eigenvalue weighted by Crippen LogP contribution is -2.32. The van der Waals surface area contributed by atoms with Crippen LogP contribution in [0.5, 0.6) is 0 Å². The van der Waals surface area contributed by atoms with Gasteiger partial charge >= 0.3 is 0 Å². The molecule has 1 fully saturated rings. The molecule has 0 radical (unpaired) electrons. The van der Waals surface area contributed by atoms with E-state index in [2.05, 4.69) is 62.6 Å². The molecule has 0 saturated carbocycles. The molecule has 1 aliphatic heterocycles. The smallest absolute Gasteiger partial charge is 0.140 e. The van der Waals surface area contributed by atoms with Gasteiger partial charge in [-0.1, -0.05) is 24.3 Å². The van der Waals surface area contributed by atoms with E-state index in [-0.39, 0.29) is 0 Å². The van der Waals surface area contributed by atoms with Crippen LogP contribution in [0.3, 0.4) is 0 Å². The van der Waals surface area contributed by atoms with E-state index in [0.717, 1.165) is 49.7 Å². The normalized spacial score (nSPS) is 15.1. The number of likely N-dealkylation sites (tertiary alicyclic amines) is 1. The Morgan fingerprint density at radius 2 is 1.94 bits per heavy atom. The van der Waals surface area contributed by atoms with Crippen LogP contribution in [-0.4, -0.2) is 32.9 Å². The van der Waals surface area contributed by atoms with E-state index in [9.17, 15) is 0 Å². The molecular formula is C25H24N6. The van der Waals surface area contributed by atoms with E-state index in [1.807, 2.05) is 18.2 Å². The third kappa shape index (κ3) is 4.42. The molecule has 6 heteroatoms. The van der Waals surface area contributed by atoms with Crippen LogP contribution >= 0.6 is 0 Å². The lowest BCUT2D eigenvalue weighted by atomic mass is 9.93. The van der Waals surface area contributed by atoms with Gasteiger partial charge in [-0.15, -0.1) is 0 Å². The Bertz CT molecular complexity index is 1180. The summed E-state index contributed by atoms with van der Waals surface area (Å²) in [4.78, 5) is 15.0. The van der Waals surface area contributed by atoms with Crippen molar-refractivity contribution < 1.29 is 0 Å². The number of nitriles is 1. The van der Waals surface area contributed by atoms with E-state index in [1.54, 1.807) is 12.3 Å². The first-order valence-corrected chi connectivity index (χ1v) is 10.7. The first-order valence-electron chi connectivity index (χ1n) is 10.7. The molecule has 1 aliphatic rings. The maximum Gasteiger partial charge on any atom is 0.140 e. The third-order valence-corrected chi connectivity index (χ3v) is 5.91. The Balaban J connectivity index is 1.20. The van der Waals surface area contributed by atoms with Crippen LogP contribution in [0.25, 0.3) is 10.9 Å². The van der Waals surface area contributed by atoms with Gasteiger partial charge < -0.3 is 10.3 Å². The van der Waals surface area contributed by atoms with Crippen LogP contribution in [-0.2, 0) is 6.54 Å². The summed E-state index contributed by atoms with van der Waals surface area (Å²) in [5.41, 5.74) is 4.86. The summed E-state index contributed by atoms with van der Waals surface area (Å²) in [7, 11) is 0. The Morgan fingerprint density at radius 1 is 1.06 bits per heavy atom. The number of pyridine rings is 2. The second-order valence-corrected chi connectivity index (χ2v) is 8.05. The molecule has 4 aromatic rings. The fourth-order valence-corrected chi connectivity index (χ4v) is 4.28. The molecule has 0 amide bonds. The standard InChI is InChI=1S/C25H24N6/c26-15-20-8-9-21(16-27-20)29-25-7-3-6-23(30-25)18-10-12-31(13-11-18)17-22-14-19-4-1-2-5-24(19)28-22/h1-9,14,16,18,28H,10-13,17H2,(H,29,30). The summed E-state index contributed by atoms with van der Waals surface area (Å²) in [5, 5.41) is 13.5. The number of H-pyrrole nitrogens is 1. The molecule has 31 heavy (non-hydrogen) atoms. The molecule has 6 nitrogen and oxygen atoms in total. The van der Waals surface area contributed by atoms with E-state index in [0.29, 0.717) is 11.6 Å². The molecule has 0 spiro atoms. The molecule has 2 N–H and O–H groups in total. The average molecular weight is 409 g/mol. The van der Waals surface area contributed by atoms with Crippen LogP contribution in [0.1, 0.15) is 35.8 Å². The summed E-state index contributed by atoms with van der Waals surface area (Å²) < 4.78 is 0. The molecule has 3 aromatic heterocycles. The number of aromatic nitrogens is 3. The second-order valence-electron chi connectivity index (χ2n) is 8.05. The number of hydrogen-bond donors (Lipinski definition) is 2. The zero-order valence-electron chi connectivity index (χ0n) is 17.3. The largest absolute Gasteiger partial charge is 0.357 e. The number of piperidine rings is 1. The van der Waals surface area contributed by atoms with Gasteiger partial charge in [-0.3, -0.25) is 4.90 Å². The number of hydrogen-bond acceptors (Lipinski definition) is 5. The third-order valence-electron chi connectivity index (χ3n) is 5.91. The van der Waals surface area contributed by atoms with Crippen molar-refractivity contribution in [2.75, 3.05) is 18.4 Å². The van der Waals surface area contributed by atoms with Gasteiger partial charge in [0.1, 0.15) is 17.6 Å². The molecule has 0 bridgehead atoms. The van der Waals surface area contributed by atoms with E-state index >= 15 is 0 Å². The Kier molecular flexibility index (Phi) is 5.34. The van der Waals surface area contributed by atoms with Gasteiger partial charge in [0.15, 0.2) is 0 Å². The first kappa shape index (κ1) is 19.3. The average Bonchev–Trinajstić information content (AvgIpc) is 3.23. The van der Waals surface area contributed by atoms with Crippen molar-refractivity contribution in [2.24, 2.45) is 0 Å². The summed E-state index contributed by atoms with van der Waals surface area (Å²) in [5.74, 6) is 1.28. The molecule has 0 atom stereocenters. The quantitative estimate of drug-likeness (QED) is 0.488. The van der Waals surface area contributed by atoms with Crippen LogP contribution in [0, 0.1) is 11.3 Å². The maximum absolute atomic E-state index is 8.88. The minimum atomic E-state index is 0.409. The van der Waals surface area contributed by atoms with Crippen molar-refractivity contribution in [3.8, 4) is 6.07 Å². The van der Waals surface area contributed by atoms with E-state index < -0.39 is 0 Å². The Morgan fingerprint density at radius 3 is 2.71 bits per heavy atom. The molecule has 0 unspecified atom stereocenters. The zero-order chi connectivity index (χ0) is 21.0. The number of nitrogens with zero attached hydrogens (tertiary/aromatic N) is 4. The molecule has 1 aromatic carbocycles. The lowest BCUT2D eigenvalue weighted by Gasteiger charge is -2.31. The first-order chi connectivity index (χ1) is 15.3. The fraction of sp³-hybridized carbons (Fsp3) is 0.240. The maximum atomic E-state index is 8.88. The van der Waals surface area contributed by atoms with Gasteiger partial charge in [-0.2, -0.15) is 5.26 Å². The second kappa shape index (κ2) is 8.58. The number of benzene rings is 1. The predicted molar refractivity (Wildman–Crippen MR) is 122 cm³/mol. The minimum absolute atomic E-state index is 0.409. The van der Waals surface area contributed by atoms with E-state index in [4.69, 9.17) is 10.2 Å². The SMILES string of the molecule is N#Cc1ccc(Nc2cccc(C3CCN(Cc4cc5ccccc5[nH]4)CC3)n2)cn1. The highest BCUT2D eigenvalue weighted by atomic mass is 15.1. The Labute approximate surface area is 181 Å². The molecule has 1 saturated heterocycles. The van der Waals surface area contributed by atoms with Crippen molar-refractivity contribution in [3.05, 3.63) is 83.9 Å². The van der Waals surface area contributed by atoms with Crippen LogP contribution in [0.15, 0.2) is 66.9 Å².